The normalized spacial score (nSPS) is 15.5. The zero-order valence-electron chi connectivity index (χ0n) is 14.8. The lowest BCUT2D eigenvalue weighted by Gasteiger charge is -2.22. The average Bonchev–Trinajstić information content (AvgIpc) is 3.28. The molecule has 0 unspecified atom stereocenters. The summed E-state index contributed by atoms with van der Waals surface area (Å²) in [5.74, 6) is 0.216. The van der Waals surface area contributed by atoms with E-state index in [0.29, 0.717) is 5.76 Å². The second kappa shape index (κ2) is 8.05. The molecule has 1 fully saturated rings. The van der Waals surface area contributed by atoms with Crippen LogP contribution in [0.2, 0.25) is 0 Å². The first-order valence-electron chi connectivity index (χ1n) is 8.84. The van der Waals surface area contributed by atoms with Crippen molar-refractivity contribution < 1.29 is 17.6 Å². The largest absolute Gasteiger partial charge is 0.468 e. The smallest absolute Gasteiger partial charge is 0.243 e. The predicted molar refractivity (Wildman–Crippen MR) is 97.9 cm³/mol. The van der Waals surface area contributed by atoms with Gasteiger partial charge in [-0.05, 0) is 44.0 Å². The maximum absolute atomic E-state index is 13.0. The van der Waals surface area contributed by atoms with Gasteiger partial charge in [-0.3, -0.25) is 4.79 Å². The number of hydrogen-bond donors (Lipinski definition) is 1. The van der Waals surface area contributed by atoms with E-state index >= 15 is 0 Å². The molecular weight excluding hydrogens is 352 g/mol. The number of aryl methyl sites for hydroxylation is 1. The van der Waals surface area contributed by atoms with Crippen molar-refractivity contribution in [3.63, 3.8) is 0 Å². The van der Waals surface area contributed by atoms with Gasteiger partial charge in [0.2, 0.25) is 15.9 Å². The molecule has 1 aromatic carbocycles. The lowest BCUT2D eigenvalue weighted by atomic mass is 10.2. The lowest BCUT2D eigenvalue weighted by molar-refractivity contribution is -0.122. The van der Waals surface area contributed by atoms with Crippen LogP contribution in [0.4, 0.5) is 0 Å². The molecule has 1 N–H and O–H groups in total. The van der Waals surface area contributed by atoms with Gasteiger partial charge in [0.1, 0.15) is 5.76 Å². The molecule has 1 amide bonds. The fourth-order valence-electron chi connectivity index (χ4n) is 3.17. The number of furan rings is 1. The molecule has 1 heterocycles. The highest BCUT2D eigenvalue weighted by Crippen LogP contribution is 2.20. The van der Waals surface area contributed by atoms with Crippen molar-refractivity contribution in [3.05, 3.63) is 54.0 Å². The summed E-state index contributed by atoms with van der Waals surface area (Å²) in [5, 5.41) is 2.95. The van der Waals surface area contributed by atoms with Crippen LogP contribution >= 0.6 is 0 Å². The molecule has 6 nitrogen and oxygen atoms in total. The number of carbonyl (C=O) groups excluding carboxylic acids is 1. The van der Waals surface area contributed by atoms with E-state index in [1.54, 1.807) is 36.4 Å². The lowest BCUT2D eigenvalue weighted by Crippen LogP contribution is -2.43. The molecule has 2 aromatic rings. The Kier molecular flexibility index (Phi) is 5.78. The summed E-state index contributed by atoms with van der Waals surface area (Å²) in [6.07, 6.45) is 5.60. The second-order valence-corrected chi connectivity index (χ2v) is 8.65. The van der Waals surface area contributed by atoms with E-state index in [4.69, 9.17) is 4.42 Å². The van der Waals surface area contributed by atoms with E-state index in [1.165, 1.54) is 10.6 Å². The highest BCUT2D eigenvalue weighted by molar-refractivity contribution is 7.89. The number of hydrogen-bond acceptors (Lipinski definition) is 4. The van der Waals surface area contributed by atoms with Crippen molar-refractivity contribution in [2.24, 2.45) is 0 Å². The molecule has 0 bridgehead atoms. The number of carbonyl (C=O) groups is 1. The van der Waals surface area contributed by atoms with Crippen LogP contribution in [0.15, 0.2) is 52.0 Å². The Hall–Kier alpha value is -2.12. The van der Waals surface area contributed by atoms with Crippen LogP contribution in [0, 0.1) is 6.92 Å². The minimum Gasteiger partial charge on any atom is -0.468 e. The van der Waals surface area contributed by atoms with Gasteiger partial charge in [-0.1, -0.05) is 30.5 Å². The number of sulfonamides is 1. The van der Waals surface area contributed by atoms with Crippen LogP contribution in [0.5, 0.6) is 0 Å². The number of benzene rings is 1. The Morgan fingerprint density at radius 3 is 2.50 bits per heavy atom. The third-order valence-electron chi connectivity index (χ3n) is 4.61. The number of nitrogens with one attached hydrogen (secondary N) is 1. The van der Waals surface area contributed by atoms with Gasteiger partial charge < -0.3 is 9.73 Å². The van der Waals surface area contributed by atoms with Crippen molar-refractivity contribution in [3.8, 4) is 0 Å². The van der Waals surface area contributed by atoms with E-state index in [1.807, 2.05) is 6.92 Å². The Balaban J connectivity index is 1.79. The minimum atomic E-state index is -3.81. The van der Waals surface area contributed by atoms with E-state index in [2.05, 4.69) is 5.32 Å². The maximum atomic E-state index is 13.0. The van der Waals surface area contributed by atoms with Crippen molar-refractivity contribution >= 4 is 15.9 Å². The summed E-state index contributed by atoms with van der Waals surface area (Å²) >= 11 is 0. The molecule has 0 spiro atoms. The summed E-state index contributed by atoms with van der Waals surface area (Å²) < 4.78 is 32.6. The quantitative estimate of drug-likeness (QED) is 0.806. The zero-order chi connectivity index (χ0) is 18.6. The topological polar surface area (TPSA) is 79.6 Å². The summed E-state index contributed by atoms with van der Waals surface area (Å²) in [4.78, 5) is 12.6. The Morgan fingerprint density at radius 2 is 1.88 bits per heavy atom. The van der Waals surface area contributed by atoms with Crippen molar-refractivity contribution in [1.82, 2.24) is 9.62 Å². The summed E-state index contributed by atoms with van der Waals surface area (Å²) in [7, 11) is -3.81. The fraction of sp³-hybridized carbons (Fsp3) is 0.421. The third kappa shape index (κ3) is 4.53. The first-order valence-corrected chi connectivity index (χ1v) is 10.3. The minimum absolute atomic E-state index is 0.0152. The van der Waals surface area contributed by atoms with E-state index in [-0.39, 0.29) is 29.9 Å². The van der Waals surface area contributed by atoms with Gasteiger partial charge in [-0.15, -0.1) is 0 Å². The Morgan fingerprint density at radius 1 is 1.19 bits per heavy atom. The molecule has 7 heteroatoms. The number of nitrogens with zero attached hydrogens (tertiary/aromatic N) is 1. The molecule has 1 saturated carbocycles. The Labute approximate surface area is 154 Å². The van der Waals surface area contributed by atoms with Crippen molar-refractivity contribution in [2.75, 3.05) is 6.54 Å². The van der Waals surface area contributed by atoms with Gasteiger partial charge in [-0.2, -0.15) is 4.31 Å². The van der Waals surface area contributed by atoms with E-state index < -0.39 is 10.0 Å². The number of rotatable bonds is 7. The van der Waals surface area contributed by atoms with E-state index in [9.17, 15) is 13.2 Å². The molecule has 1 aliphatic rings. The standard InChI is InChI=1S/C19H24N2O4S/c1-15-8-10-18(11-9-15)26(23,24)21(13-17-7-4-12-25-17)14-19(22)20-16-5-2-3-6-16/h4,7-12,16H,2-3,5-6,13-14H2,1H3,(H,20,22). The first-order chi connectivity index (χ1) is 12.4. The molecule has 0 saturated heterocycles. The zero-order valence-corrected chi connectivity index (χ0v) is 15.7. The van der Waals surface area contributed by atoms with Crippen molar-refractivity contribution in [1.29, 1.82) is 0 Å². The van der Waals surface area contributed by atoms with Crippen molar-refractivity contribution in [2.45, 2.75) is 50.1 Å². The van der Waals surface area contributed by atoms with Crippen LogP contribution in [0.3, 0.4) is 0 Å². The monoisotopic (exact) mass is 376 g/mol. The van der Waals surface area contributed by atoms with Gasteiger partial charge in [0, 0.05) is 6.04 Å². The SMILES string of the molecule is Cc1ccc(S(=O)(=O)N(CC(=O)NC2CCCC2)Cc2ccco2)cc1. The predicted octanol–water partition coefficient (Wildman–Crippen LogP) is 2.84. The van der Waals surface area contributed by atoms with E-state index in [0.717, 1.165) is 31.2 Å². The average molecular weight is 376 g/mol. The van der Waals surface area contributed by atoms with Crippen LogP contribution in [0.1, 0.15) is 37.0 Å². The first kappa shape index (κ1) is 18.7. The van der Waals surface area contributed by atoms with Crippen LogP contribution in [-0.2, 0) is 21.4 Å². The highest BCUT2D eigenvalue weighted by atomic mass is 32.2. The molecular formula is C19H24N2O4S. The highest BCUT2D eigenvalue weighted by Gasteiger charge is 2.28. The van der Waals surface area contributed by atoms with Gasteiger partial charge in [0.15, 0.2) is 0 Å². The number of amides is 1. The summed E-state index contributed by atoms with van der Waals surface area (Å²) in [5.41, 5.74) is 0.973. The third-order valence-corrected chi connectivity index (χ3v) is 6.42. The van der Waals surface area contributed by atoms with Gasteiger partial charge in [-0.25, -0.2) is 8.42 Å². The molecule has 0 atom stereocenters. The molecule has 0 radical (unpaired) electrons. The van der Waals surface area contributed by atoms with Crippen LogP contribution < -0.4 is 5.32 Å². The van der Waals surface area contributed by atoms with Gasteiger partial charge >= 0.3 is 0 Å². The molecule has 0 aliphatic heterocycles. The van der Waals surface area contributed by atoms with Gasteiger partial charge in [0.05, 0.1) is 24.2 Å². The second-order valence-electron chi connectivity index (χ2n) is 6.71. The Bertz CT molecular complexity index is 823. The molecule has 1 aromatic heterocycles. The maximum Gasteiger partial charge on any atom is 0.243 e. The summed E-state index contributed by atoms with van der Waals surface area (Å²) in [6, 6.07) is 10.2. The van der Waals surface area contributed by atoms with Crippen LogP contribution in [0.25, 0.3) is 0 Å². The molecule has 140 valence electrons. The molecule has 1 aliphatic carbocycles. The fourth-order valence-corrected chi connectivity index (χ4v) is 4.53. The molecule has 26 heavy (non-hydrogen) atoms. The summed E-state index contributed by atoms with van der Waals surface area (Å²) in [6.45, 7) is 1.68. The van der Waals surface area contributed by atoms with Crippen LogP contribution in [-0.4, -0.2) is 31.2 Å². The van der Waals surface area contributed by atoms with Gasteiger partial charge in [0.25, 0.3) is 0 Å². The molecule has 3 rings (SSSR count).